The summed E-state index contributed by atoms with van der Waals surface area (Å²) >= 11 is 6.53. The van der Waals surface area contributed by atoms with E-state index in [0.29, 0.717) is 21.8 Å². The smallest absolute Gasteiger partial charge is 0.357 e. The summed E-state index contributed by atoms with van der Waals surface area (Å²) in [7, 11) is 0. The van der Waals surface area contributed by atoms with Crippen LogP contribution in [0.2, 0.25) is 0 Å². The lowest BCUT2D eigenvalue weighted by Crippen LogP contribution is -2.18. The summed E-state index contributed by atoms with van der Waals surface area (Å²) in [5, 5.41) is -0.910. The fraction of sp³-hybridized carbons (Fsp3) is 0.500. The zero-order valence-electron chi connectivity index (χ0n) is 7.87. The van der Waals surface area contributed by atoms with Crippen LogP contribution in [0, 0.1) is 0 Å². The Kier molecular flexibility index (Phi) is 3.83. The Morgan fingerprint density at radius 1 is 1.57 bits per heavy atom. The van der Waals surface area contributed by atoms with Crippen LogP contribution in [0.15, 0.2) is 14.2 Å². The van der Waals surface area contributed by atoms with Gasteiger partial charge in [0.2, 0.25) is 0 Å². The van der Waals surface area contributed by atoms with Gasteiger partial charge in [0, 0.05) is 6.42 Å². The predicted molar refractivity (Wildman–Crippen MR) is 55.4 cm³/mol. The standard InChI is InChI=1S/C8H10ClNO3S/c1-3-5-6(14-4-2)7(11)10(13-5)8(9)12/h3-4H2,1-2H3. The summed E-state index contributed by atoms with van der Waals surface area (Å²) in [5.41, 5.74) is -0.464. The van der Waals surface area contributed by atoms with Crippen molar-refractivity contribution < 1.29 is 9.32 Å². The fourth-order valence-corrected chi connectivity index (χ4v) is 1.98. The molecule has 0 saturated heterocycles. The average molecular weight is 236 g/mol. The largest absolute Gasteiger partial charge is 0.371 e. The summed E-state index contributed by atoms with van der Waals surface area (Å²) in [6.07, 6.45) is 0.564. The molecule has 0 N–H and O–H groups in total. The predicted octanol–water partition coefficient (Wildman–Crippen LogP) is 2.32. The van der Waals surface area contributed by atoms with Gasteiger partial charge in [0.05, 0.1) is 0 Å². The molecule has 0 aromatic carbocycles. The van der Waals surface area contributed by atoms with Crippen molar-refractivity contribution in [3.05, 3.63) is 16.1 Å². The van der Waals surface area contributed by atoms with E-state index in [1.54, 1.807) is 0 Å². The fourth-order valence-electron chi connectivity index (χ4n) is 1.03. The van der Waals surface area contributed by atoms with Crippen LogP contribution in [-0.2, 0) is 6.42 Å². The van der Waals surface area contributed by atoms with E-state index >= 15 is 0 Å². The molecule has 78 valence electrons. The summed E-state index contributed by atoms with van der Waals surface area (Å²) in [6, 6.07) is 0. The van der Waals surface area contributed by atoms with Gasteiger partial charge in [0.15, 0.2) is 5.76 Å². The number of hydrogen-bond acceptors (Lipinski definition) is 4. The first kappa shape index (κ1) is 11.4. The van der Waals surface area contributed by atoms with E-state index < -0.39 is 10.9 Å². The third kappa shape index (κ3) is 2.04. The molecule has 1 rings (SSSR count). The highest BCUT2D eigenvalue weighted by Gasteiger charge is 2.18. The molecule has 1 aromatic heterocycles. The summed E-state index contributed by atoms with van der Waals surface area (Å²) in [5.74, 6) is 1.26. The second-order valence-corrected chi connectivity index (χ2v) is 4.08. The molecule has 0 fully saturated rings. The highest BCUT2D eigenvalue weighted by molar-refractivity contribution is 7.99. The number of rotatable bonds is 3. The topological polar surface area (TPSA) is 52.2 Å². The molecule has 0 aliphatic heterocycles. The number of hydrogen-bond donors (Lipinski definition) is 0. The lowest BCUT2D eigenvalue weighted by molar-refractivity contribution is 0.225. The van der Waals surface area contributed by atoms with Crippen molar-refractivity contribution >= 4 is 28.7 Å². The van der Waals surface area contributed by atoms with E-state index in [4.69, 9.17) is 16.1 Å². The van der Waals surface area contributed by atoms with Gasteiger partial charge in [-0.25, -0.2) is 0 Å². The van der Waals surface area contributed by atoms with E-state index in [9.17, 15) is 9.59 Å². The van der Waals surface area contributed by atoms with Gasteiger partial charge in [0.25, 0.3) is 0 Å². The molecule has 0 aliphatic carbocycles. The minimum absolute atomic E-state index is 0.464. The summed E-state index contributed by atoms with van der Waals surface area (Å²) in [4.78, 5) is 22.8. The average Bonchev–Trinajstić information content (AvgIpc) is 2.45. The maximum Gasteiger partial charge on any atom is 0.357 e. The van der Waals surface area contributed by atoms with Crippen LogP contribution in [0.3, 0.4) is 0 Å². The van der Waals surface area contributed by atoms with E-state index in [1.807, 2.05) is 13.8 Å². The molecule has 0 aliphatic rings. The Labute approximate surface area is 90.2 Å². The number of aryl methyl sites for hydroxylation is 1. The number of thioether (sulfide) groups is 1. The molecule has 0 atom stereocenters. The van der Waals surface area contributed by atoms with Gasteiger partial charge in [-0.05, 0) is 17.4 Å². The Bertz CT molecular complexity index is 396. The molecule has 0 bridgehead atoms. The Morgan fingerprint density at radius 2 is 2.21 bits per heavy atom. The maximum absolute atomic E-state index is 11.5. The molecule has 14 heavy (non-hydrogen) atoms. The van der Waals surface area contributed by atoms with Crippen LogP contribution in [0.1, 0.15) is 19.6 Å². The zero-order valence-corrected chi connectivity index (χ0v) is 9.44. The van der Waals surface area contributed by atoms with Crippen LogP contribution in [0.25, 0.3) is 0 Å². The first-order valence-corrected chi connectivity index (χ1v) is 5.56. The van der Waals surface area contributed by atoms with Crippen LogP contribution in [-0.4, -0.2) is 15.9 Å². The number of carbonyl (C=O) groups excluding carboxylic acids is 1. The lowest BCUT2D eigenvalue weighted by atomic mass is 10.4. The number of nitrogens with zero attached hydrogens (tertiary/aromatic N) is 1. The Morgan fingerprint density at radius 3 is 2.64 bits per heavy atom. The molecule has 0 spiro atoms. The highest BCUT2D eigenvalue weighted by atomic mass is 35.5. The number of halogens is 1. The zero-order chi connectivity index (χ0) is 10.7. The van der Waals surface area contributed by atoms with Crippen molar-refractivity contribution in [2.24, 2.45) is 0 Å². The summed E-state index contributed by atoms with van der Waals surface area (Å²) < 4.78 is 5.59. The molecular weight excluding hydrogens is 226 g/mol. The van der Waals surface area contributed by atoms with Gasteiger partial charge >= 0.3 is 10.9 Å². The SMILES string of the molecule is CCSc1c(CC)on(C(=O)Cl)c1=O. The molecule has 0 amide bonds. The molecule has 0 saturated carbocycles. The van der Waals surface area contributed by atoms with Crippen LogP contribution in [0.4, 0.5) is 4.79 Å². The van der Waals surface area contributed by atoms with E-state index in [0.717, 1.165) is 5.75 Å². The van der Waals surface area contributed by atoms with Crippen molar-refractivity contribution in [1.82, 2.24) is 4.74 Å². The number of carbonyl (C=O) groups is 1. The van der Waals surface area contributed by atoms with E-state index in [2.05, 4.69) is 0 Å². The Hall–Kier alpha value is -0.680. The molecule has 1 aromatic rings. The lowest BCUT2D eigenvalue weighted by Gasteiger charge is -1.91. The molecule has 0 unspecified atom stereocenters. The van der Waals surface area contributed by atoms with Gasteiger partial charge in [-0.15, -0.1) is 11.8 Å². The van der Waals surface area contributed by atoms with Gasteiger partial charge in [0.1, 0.15) is 4.90 Å². The minimum atomic E-state index is -0.910. The van der Waals surface area contributed by atoms with Crippen molar-refractivity contribution in [2.75, 3.05) is 5.75 Å². The first-order chi connectivity index (χ1) is 6.61. The van der Waals surface area contributed by atoms with Crippen LogP contribution in [0.5, 0.6) is 0 Å². The van der Waals surface area contributed by atoms with Gasteiger partial charge < -0.3 is 4.52 Å². The van der Waals surface area contributed by atoms with Crippen LogP contribution >= 0.6 is 23.4 Å². The summed E-state index contributed by atoms with van der Waals surface area (Å²) in [6.45, 7) is 3.77. The number of aromatic nitrogens is 1. The molecule has 4 nitrogen and oxygen atoms in total. The second kappa shape index (κ2) is 4.70. The van der Waals surface area contributed by atoms with Crippen molar-refractivity contribution in [3.8, 4) is 0 Å². The quantitative estimate of drug-likeness (QED) is 0.596. The van der Waals surface area contributed by atoms with Crippen LogP contribution < -0.4 is 5.56 Å². The molecule has 6 heteroatoms. The Balaban J connectivity index is 3.25. The van der Waals surface area contributed by atoms with Gasteiger partial charge in [-0.3, -0.25) is 9.59 Å². The molecule has 0 radical (unpaired) electrons. The van der Waals surface area contributed by atoms with Crippen molar-refractivity contribution in [3.63, 3.8) is 0 Å². The van der Waals surface area contributed by atoms with Gasteiger partial charge in [-0.2, -0.15) is 0 Å². The highest BCUT2D eigenvalue weighted by Crippen LogP contribution is 2.19. The second-order valence-electron chi connectivity index (χ2n) is 2.48. The first-order valence-electron chi connectivity index (χ1n) is 4.19. The molecule has 1 heterocycles. The van der Waals surface area contributed by atoms with Gasteiger partial charge in [-0.1, -0.05) is 18.6 Å². The minimum Gasteiger partial charge on any atom is -0.371 e. The molecular formula is C8H10ClNO3S. The monoisotopic (exact) mass is 235 g/mol. The van der Waals surface area contributed by atoms with E-state index in [-0.39, 0.29) is 0 Å². The van der Waals surface area contributed by atoms with E-state index in [1.165, 1.54) is 11.8 Å². The third-order valence-corrected chi connectivity index (χ3v) is 2.74. The van der Waals surface area contributed by atoms with Crippen molar-refractivity contribution in [2.45, 2.75) is 25.2 Å². The maximum atomic E-state index is 11.5. The van der Waals surface area contributed by atoms with Crippen molar-refractivity contribution in [1.29, 1.82) is 0 Å². The third-order valence-electron chi connectivity index (χ3n) is 1.60. The normalized spacial score (nSPS) is 10.5.